The molecule has 0 spiro atoms. The molecule has 1 aliphatic rings. The summed E-state index contributed by atoms with van der Waals surface area (Å²) in [6.07, 6.45) is 0. The monoisotopic (exact) mass is 348 g/mol. The smallest absolute Gasteiger partial charge is 0.268 e. The first-order valence-corrected chi connectivity index (χ1v) is 8.40. The predicted molar refractivity (Wildman–Crippen MR) is 99.1 cm³/mol. The van der Waals surface area contributed by atoms with Crippen molar-refractivity contribution in [1.29, 1.82) is 10.5 Å². The van der Waals surface area contributed by atoms with Crippen LogP contribution in [0.1, 0.15) is 16.7 Å². The third kappa shape index (κ3) is 3.31. The number of benzene rings is 1. The van der Waals surface area contributed by atoms with Crippen molar-refractivity contribution >= 4 is 5.82 Å². The molecule has 0 radical (unpaired) electrons. The molecule has 2 aromatic rings. The second-order valence-corrected chi connectivity index (χ2v) is 6.45. The molecule has 0 bridgehead atoms. The quantitative estimate of drug-likeness (QED) is 0.859. The molecule has 1 saturated heterocycles. The van der Waals surface area contributed by atoms with E-state index in [1.807, 2.05) is 36.4 Å². The second kappa shape index (κ2) is 7.40. The molecule has 0 saturated carbocycles. The number of hydrogen-bond donors (Lipinski definition) is 2. The van der Waals surface area contributed by atoms with E-state index < -0.39 is 5.56 Å². The van der Waals surface area contributed by atoms with Crippen molar-refractivity contribution in [3.8, 4) is 23.3 Å². The number of nitrogens with zero attached hydrogens (tertiary/aromatic N) is 4. The van der Waals surface area contributed by atoms with Crippen molar-refractivity contribution in [2.24, 2.45) is 0 Å². The summed E-state index contributed by atoms with van der Waals surface area (Å²) in [5.74, 6) is -0.0131. The van der Waals surface area contributed by atoms with Crippen LogP contribution in [0.3, 0.4) is 0 Å². The molecule has 0 atom stereocenters. The first kappa shape index (κ1) is 17.7. The maximum absolute atomic E-state index is 12.2. The van der Waals surface area contributed by atoms with Crippen LogP contribution in [0.15, 0.2) is 29.1 Å². The molecule has 7 heteroatoms. The lowest BCUT2D eigenvalue weighted by Gasteiger charge is -2.32. The first-order chi connectivity index (χ1) is 12.5. The van der Waals surface area contributed by atoms with Gasteiger partial charge in [0.1, 0.15) is 29.1 Å². The molecule has 1 fully saturated rings. The largest absolute Gasteiger partial charge is 0.384 e. The molecule has 3 N–H and O–H groups in total. The number of anilines is 1. The lowest BCUT2D eigenvalue weighted by molar-refractivity contribution is 0.148. The van der Waals surface area contributed by atoms with Gasteiger partial charge in [0.15, 0.2) is 0 Å². The van der Waals surface area contributed by atoms with E-state index >= 15 is 0 Å². The fourth-order valence-electron chi connectivity index (χ4n) is 3.26. The van der Waals surface area contributed by atoms with Crippen molar-refractivity contribution in [2.45, 2.75) is 6.54 Å². The normalized spacial score (nSPS) is 15.3. The molecule has 26 heavy (non-hydrogen) atoms. The Morgan fingerprint density at radius 3 is 2.42 bits per heavy atom. The van der Waals surface area contributed by atoms with E-state index in [0.717, 1.165) is 31.7 Å². The van der Waals surface area contributed by atoms with Gasteiger partial charge in [-0.3, -0.25) is 9.69 Å². The van der Waals surface area contributed by atoms with Crippen LogP contribution in [0.4, 0.5) is 5.82 Å². The van der Waals surface area contributed by atoms with Gasteiger partial charge in [-0.05, 0) is 18.2 Å². The molecule has 0 amide bonds. The molecular weight excluding hydrogens is 328 g/mol. The maximum atomic E-state index is 12.2. The summed E-state index contributed by atoms with van der Waals surface area (Å²) >= 11 is 0. The van der Waals surface area contributed by atoms with Gasteiger partial charge in [0.2, 0.25) is 0 Å². The Kier molecular flexibility index (Phi) is 5.04. The highest BCUT2D eigenvalue weighted by Gasteiger charge is 2.21. The molecule has 1 aromatic carbocycles. The topological polar surface area (TPSA) is 113 Å². The predicted octanol–water partition coefficient (Wildman–Crippen LogP) is 1.11. The number of nitrogens with one attached hydrogen (secondary N) is 1. The molecular formula is C19H20N6O. The Morgan fingerprint density at radius 2 is 1.77 bits per heavy atom. The number of hydrogen-bond acceptors (Lipinski definition) is 6. The molecule has 1 aliphatic heterocycles. The average Bonchev–Trinajstić information content (AvgIpc) is 2.63. The average molecular weight is 348 g/mol. The van der Waals surface area contributed by atoms with Crippen LogP contribution in [0.5, 0.6) is 0 Å². The van der Waals surface area contributed by atoms with Crippen LogP contribution in [0, 0.1) is 22.7 Å². The minimum Gasteiger partial charge on any atom is -0.384 e. The van der Waals surface area contributed by atoms with Crippen molar-refractivity contribution < 1.29 is 0 Å². The minimum atomic E-state index is -0.576. The molecule has 0 unspecified atom stereocenters. The fourth-order valence-corrected chi connectivity index (χ4v) is 3.26. The Bertz CT molecular complexity index is 957. The number of rotatable bonds is 3. The highest BCUT2D eigenvalue weighted by Crippen LogP contribution is 2.31. The van der Waals surface area contributed by atoms with Crippen LogP contribution < -0.4 is 11.3 Å². The lowest BCUT2D eigenvalue weighted by atomic mass is 9.92. The van der Waals surface area contributed by atoms with Crippen molar-refractivity contribution in [2.75, 3.05) is 39.0 Å². The Hall–Kier alpha value is -3.13. The highest BCUT2D eigenvalue weighted by atomic mass is 16.1. The third-order valence-electron chi connectivity index (χ3n) is 4.74. The standard InChI is InChI=1S/C19H20N6O/c1-24-6-8-25(9-7-24)12-13-4-2-3-5-14(13)17-15(10-20)18(22)23-19(26)16(17)11-21/h2-5H,6-9,12H2,1H3,(H3,22,23,26). The van der Waals surface area contributed by atoms with Crippen LogP contribution in [-0.4, -0.2) is 48.0 Å². The van der Waals surface area contributed by atoms with Gasteiger partial charge in [-0.2, -0.15) is 10.5 Å². The SMILES string of the molecule is CN1CCN(Cc2ccccc2-c2c(C#N)c(N)[nH]c(=O)c2C#N)CC1. The zero-order valence-corrected chi connectivity index (χ0v) is 14.6. The maximum Gasteiger partial charge on any atom is 0.268 e. The van der Waals surface area contributed by atoms with Crippen molar-refractivity contribution in [3.63, 3.8) is 0 Å². The number of aromatic nitrogens is 1. The van der Waals surface area contributed by atoms with Gasteiger partial charge in [0.25, 0.3) is 5.56 Å². The molecule has 0 aliphatic carbocycles. The molecule has 7 nitrogen and oxygen atoms in total. The van der Waals surface area contributed by atoms with Crippen LogP contribution >= 0.6 is 0 Å². The Morgan fingerprint density at radius 1 is 1.12 bits per heavy atom. The van der Waals surface area contributed by atoms with Gasteiger partial charge < -0.3 is 15.6 Å². The zero-order valence-electron chi connectivity index (χ0n) is 14.6. The van der Waals surface area contributed by atoms with Crippen LogP contribution in [-0.2, 0) is 6.54 Å². The Balaban J connectivity index is 2.11. The molecule has 3 rings (SSSR count). The zero-order chi connectivity index (χ0) is 18.7. The van der Waals surface area contributed by atoms with E-state index in [9.17, 15) is 15.3 Å². The summed E-state index contributed by atoms with van der Waals surface area (Å²) in [5, 5.41) is 19.0. The summed E-state index contributed by atoms with van der Waals surface area (Å²) in [7, 11) is 2.10. The lowest BCUT2D eigenvalue weighted by Crippen LogP contribution is -2.43. The number of likely N-dealkylation sites (N-methyl/N-ethyl adjacent to an activating group) is 1. The van der Waals surface area contributed by atoms with E-state index in [4.69, 9.17) is 5.73 Å². The fraction of sp³-hybridized carbons (Fsp3) is 0.316. The summed E-state index contributed by atoms with van der Waals surface area (Å²) in [6.45, 7) is 4.56. The number of aromatic amines is 1. The third-order valence-corrected chi connectivity index (χ3v) is 4.74. The van der Waals surface area contributed by atoms with E-state index in [2.05, 4.69) is 21.8 Å². The number of pyridine rings is 1. The van der Waals surface area contributed by atoms with Gasteiger partial charge in [-0.25, -0.2) is 0 Å². The number of nitrogen functional groups attached to an aromatic ring is 1. The number of nitrogens with two attached hydrogens (primary N) is 1. The minimum absolute atomic E-state index is 0.0131. The molecule has 2 heterocycles. The summed E-state index contributed by atoms with van der Waals surface area (Å²) in [5.41, 5.74) is 7.31. The van der Waals surface area contributed by atoms with E-state index in [0.29, 0.717) is 17.7 Å². The molecule has 1 aromatic heterocycles. The summed E-state index contributed by atoms with van der Waals surface area (Å²) in [6, 6.07) is 11.5. The van der Waals surface area contributed by atoms with Gasteiger partial charge in [0.05, 0.1) is 0 Å². The van der Waals surface area contributed by atoms with Gasteiger partial charge in [0, 0.05) is 38.3 Å². The highest BCUT2D eigenvalue weighted by molar-refractivity contribution is 5.81. The number of nitriles is 2. The number of H-pyrrole nitrogens is 1. The van der Waals surface area contributed by atoms with Crippen molar-refractivity contribution in [3.05, 3.63) is 51.3 Å². The van der Waals surface area contributed by atoms with Gasteiger partial charge in [-0.1, -0.05) is 24.3 Å². The van der Waals surface area contributed by atoms with Gasteiger partial charge >= 0.3 is 0 Å². The van der Waals surface area contributed by atoms with Crippen LogP contribution in [0.2, 0.25) is 0 Å². The molecule has 132 valence electrons. The van der Waals surface area contributed by atoms with Gasteiger partial charge in [-0.15, -0.1) is 0 Å². The number of piperazine rings is 1. The van der Waals surface area contributed by atoms with E-state index in [1.165, 1.54) is 0 Å². The first-order valence-electron chi connectivity index (χ1n) is 8.40. The van der Waals surface area contributed by atoms with Crippen LogP contribution in [0.25, 0.3) is 11.1 Å². The van der Waals surface area contributed by atoms with E-state index in [1.54, 1.807) is 0 Å². The summed E-state index contributed by atoms with van der Waals surface area (Å²) < 4.78 is 0. The summed E-state index contributed by atoms with van der Waals surface area (Å²) in [4.78, 5) is 19.2. The Labute approximate surface area is 151 Å². The van der Waals surface area contributed by atoms with Crippen molar-refractivity contribution in [1.82, 2.24) is 14.8 Å². The second-order valence-electron chi connectivity index (χ2n) is 6.45. The van der Waals surface area contributed by atoms with E-state index in [-0.39, 0.29) is 16.9 Å².